The predicted octanol–water partition coefficient (Wildman–Crippen LogP) is 3.27. The van der Waals surface area contributed by atoms with Crippen LogP contribution < -0.4 is 4.74 Å². The van der Waals surface area contributed by atoms with E-state index in [9.17, 15) is 9.59 Å². The fourth-order valence-electron chi connectivity index (χ4n) is 4.01. The Bertz CT molecular complexity index is 700. The molecule has 5 nitrogen and oxygen atoms in total. The number of hydrogen-bond donors (Lipinski definition) is 0. The standard InChI is InChI=1S/C22H30N2O3/c1-17-8-10-20(27-2)19(16-17)9-11-21(25)23-12-14-24(15-13-23)22(26)18-6-4-3-5-7-18/h8-11,16,18H,3-7,12-15H2,1-2H3/b11-9+. The van der Waals surface area contributed by atoms with E-state index in [1.165, 1.54) is 19.3 Å². The summed E-state index contributed by atoms with van der Waals surface area (Å²) in [5, 5.41) is 0. The molecule has 146 valence electrons. The van der Waals surface area contributed by atoms with E-state index < -0.39 is 0 Å². The first-order valence-corrected chi connectivity index (χ1v) is 9.99. The van der Waals surface area contributed by atoms with Crippen LogP contribution in [0, 0.1) is 12.8 Å². The molecule has 2 amide bonds. The first-order chi connectivity index (χ1) is 13.1. The lowest BCUT2D eigenvalue weighted by Gasteiger charge is -2.36. The van der Waals surface area contributed by atoms with E-state index >= 15 is 0 Å². The van der Waals surface area contributed by atoms with Crippen LogP contribution >= 0.6 is 0 Å². The van der Waals surface area contributed by atoms with Gasteiger partial charge in [0.15, 0.2) is 0 Å². The summed E-state index contributed by atoms with van der Waals surface area (Å²) in [5.41, 5.74) is 2.02. The number of methoxy groups -OCH3 is 1. The molecule has 3 rings (SSSR count). The molecule has 0 spiro atoms. The third kappa shape index (κ3) is 4.90. The summed E-state index contributed by atoms with van der Waals surface area (Å²) < 4.78 is 5.36. The zero-order valence-corrected chi connectivity index (χ0v) is 16.4. The second-order valence-electron chi connectivity index (χ2n) is 7.56. The van der Waals surface area contributed by atoms with Crippen molar-refractivity contribution in [1.82, 2.24) is 9.80 Å². The van der Waals surface area contributed by atoms with Crippen LogP contribution in [0.15, 0.2) is 24.3 Å². The van der Waals surface area contributed by atoms with Gasteiger partial charge >= 0.3 is 0 Å². The second kappa shape index (κ2) is 9.07. The number of benzene rings is 1. The van der Waals surface area contributed by atoms with Gasteiger partial charge in [0, 0.05) is 43.7 Å². The lowest BCUT2D eigenvalue weighted by Crippen LogP contribution is -2.51. The van der Waals surface area contributed by atoms with Crippen molar-refractivity contribution in [3.05, 3.63) is 35.4 Å². The van der Waals surface area contributed by atoms with Crippen LogP contribution in [0.3, 0.4) is 0 Å². The van der Waals surface area contributed by atoms with Gasteiger partial charge in [0.1, 0.15) is 5.75 Å². The highest BCUT2D eigenvalue weighted by atomic mass is 16.5. The van der Waals surface area contributed by atoms with Crippen molar-refractivity contribution >= 4 is 17.9 Å². The number of ether oxygens (including phenoxy) is 1. The number of rotatable bonds is 4. The monoisotopic (exact) mass is 370 g/mol. The van der Waals surface area contributed by atoms with Gasteiger partial charge in [-0.1, -0.05) is 30.9 Å². The SMILES string of the molecule is COc1ccc(C)cc1/C=C/C(=O)N1CCN(C(=O)C2CCCCC2)CC1. The van der Waals surface area contributed by atoms with Crippen LogP contribution in [-0.2, 0) is 9.59 Å². The Kier molecular flexibility index (Phi) is 6.54. The maximum Gasteiger partial charge on any atom is 0.246 e. The van der Waals surface area contributed by atoms with Gasteiger partial charge in [0.2, 0.25) is 11.8 Å². The molecule has 2 aliphatic rings. The van der Waals surface area contributed by atoms with E-state index in [1.54, 1.807) is 13.2 Å². The normalized spacial score (nSPS) is 18.7. The van der Waals surface area contributed by atoms with Gasteiger partial charge in [0.25, 0.3) is 0 Å². The minimum atomic E-state index is -0.0108. The molecule has 0 bridgehead atoms. The molecule has 0 unspecified atom stereocenters. The van der Waals surface area contributed by atoms with Crippen LogP contribution in [0.5, 0.6) is 5.75 Å². The smallest absolute Gasteiger partial charge is 0.246 e. The molecule has 5 heteroatoms. The van der Waals surface area contributed by atoms with Gasteiger partial charge in [-0.15, -0.1) is 0 Å². The number of carbonyl (C=O) groups is 2. The van der Waals surface area contributed by atoms with Crippen molar-refractivity contribution in [2.75, 3.05) is 33.3 Å². The summed E-state index contributed by atoms with van der Waals surface area (Å²) in [5.74, 6) is 1.24. The lowest BCUT2D eigenvalue weighted by molar-refractivity contribution is -0.141. The Labute approximate surface area is 162 Å². The van der Waals surface area contributed by atoms with Crippen LogP contribution in [0.25, 0.3) is 6.08 Å². The van der Waals surface area contributed by atoms with Gasteiger partial charge in [0.05, 0.1) is 7.11 Å². The number of carbonyl (C=O) groups excluding carboxylic acids is 2. The molecule has 1 heterocycles. The fourth-order valence-corrected chi connectivity index (χ4v) is 4.01. The van der Waals surface area contributed by atoms with E-state index in [-0.39, 0.29) is 11.8 Å². The molecule has 1 saturated carbocycles. The molecule has 1 aliphatic carbocycles. The number of aryl methyl sites for hydroxylation is 1. The highest BCUT2D eigenvalue weighted by molar-refractivity contribution is 5.92. The average Bonchev–Trinajstić information content (AvgIpc) is 2.72. The van der Waals surface area contributed by atoms with Crippen LogP contribution in [0.4, 0.5) is 0 Å². The van der Waals surface area contributed by atoms with Crippen LogP contribution in [0.1, 0.15) is 43.2 Å². The molecular formula is C22H30N2O3. The molecule has 27 heavy (non-hydrogen) atoms. The van der Waals surface area contributed by atoms with Gasteiger partial charge in [-0.05, 0) is 38.0 Å². The molecule has 1 aromatic rings. The Hall–Kier alpha value is -2.30. The van der Waals surface area contributed by atoms with E-state index in [1.807, 2.05) is 41.0 Å². The highest BCUT2D eigenvalue weighted by Gasteiger charge is 2.29. The second-order valence-corrected chi connectivity index (χ2v) is 7.56. The molecular weight excluding hydrogens is 340 g/mol. The minimum absolute atomic E-state index is 0.0108. The summed E-state index contributed by atoms with van der Waals surface area (Å²) in [4.78, 5) is 28.9. The van der Waals surface area contributed by atoms with E-state index in [0.29, 0.717) is 32.1 Å². The lowest BCUT2D eigenvalue weighted by atomic mass is 9.88. The number of nitrogens with zero attached hydrogens (tertiary/aromatic N) is 2. The zero-order valence-electron chi connectivity index (χ0n) is 16.4. The topological polar surface area (TPSA) is 49.9 Å². The molecule has 0 radical (unpaired) electrons. The summed E-state index contributed by atoms with van der Waals surface area (Å²) in [6, 6.07) is 5.90. The van der Waals surface area contributed by atoms with Crippen molar-refractivity contribution < 1.29 is 14.3 Å². The summed E-state index contributed by atoms with van der Waals surface area (Å²) >= 11 is 0. The Balaban J connectivity index is 1.54. The summed E-state index contributed by atoms with van der Waals surface area (Å²) in [6.45, 7) is 4.51. The van der Waals surface area contributed by atoms with Crippen molar-refractivity contribution in [2.24, 2.45) is 5.92 Å². The van der Waals surface area contributed by atoms with Crippen LogP contribution in [0.2, 0.25) is 0 Å². The van der Waals surface area contributed by atoms with E-state index in [2.05, 4.69) is 0 Å². The molecule has 1 aliphatic heterocycles. The van der Waals surface area contributed by atoms with E-state index in [0.717, 1.165) is 29.7 Å². The molecule has 0 atom stereocenters. The third-order valence-corrected chi connectivity index (χ3v) is 5.65. The Morgan fingerprint density at radius 2 is 1.70 bits per heavy atom. The van der Waals surface area contributed by atoms with Gasteiger partial charge in [-0.3, -0.25) is 9.59 Å². The summed E-state index contributed by atoms with van der Waals surface area (Å²) in [6.07, 6.45) is 9.07. The van der Waals surface area contributed by atoms with Crippen molar-refractivity contribution in [1.29, 1.82) is 0 Å². The third-order valence-electron chi connectivity index (χ3n) is 5.65. The largest absolute Gasteiger partial charge is 0.496 e. The first kappa shape index (κ1) is 19.5. The van der Waals surface area contributed by atoms with Gasteiger partial charge < -0.3 is 14.5 Å². The first-order valence-electron chi connectivity index (χ1n) is 9.99. The zero-order chi connectivity index (χ0) is 19.2. The summed E-state index contributed by atoms with van der Waals surface area (Å²) in [7, 11) is 1.63. The fraction of sp³-hybridized carbons (Fsp3) is 0.545. The number of hydrogen-bond acceptors (Lipinski definition) is 3. The van der Waals surface area contributed by atoms with Gasteiger partial charge in [-0.2, -0.15) is 0 Å². The van der Waals surface area contributed by atoms with Gasteiger partial charge in [-0.25, -0.2) is 0 Å². The molecule has 0 N–H and O–H groups in total. The highest BCUT2D eigenvalue weighted by Crippen LogP contribution is 2.26. The molecule has 1 saturated heterocycles. The molecule has 1 aromatic carbocycles. The van der Waals surface area contributed by atoms with Crippen molar-refractivity contribution in [3.63, 3.8) is 0 Å². The number of piperazine rings is 1. The van der Waals surface area contributed by atoms with Crippen molar-refractivity contribution in [2.45, 2.75) is 39.0 Å². The van der Waals surface area contributed by atoms with E-state index in [4.69, 9.17) is 4.74 Å². The average molecular weight is 370 g/mol. The Morgan fingerprint density at radius 3 is 2.37 bits per heavy atom. The van der Waals surface area contributed by atoms with Crippen molar-refractivity contribution in [3.8, 4) is 5.75 Å². The minimum Gasteiger partial charge on any atom is -0.496 e. The quantitative estimate of drug-likeness (QED) is 0.765. The molecule has 2 fully saturated rings. The molecule has 0 aromatic heterocycles. The maximum atomic E-state index is 12.6. The van der Waals surface area contributed by atoms with Crippen LogP contribution in [-0.4, -0.2) is 54.9 Å². The predicted molar refractivity (Wildman–Crippen MR) is 107 cm³/mol. The Morgan fingerprint density at radius 1 is 1.04 bits per heavy atom. The maximum absolute atomic E-state index is 12.6. The number of amides is 2.